The number of methoxy groups -OCH3 is 1. The van der Waals surface area contributed by atoms with E-state index >= 15 is 0 Å². The Bertz CT molecular complexity index is 790. The molecule has 0 aliphatic heterocycles. The van der Waals surface area contributed by atoms with Crippen LogP contribution in [-0.4, -0.2) is 17.1 Å². The number of rotatable bonds is 4. The summed E-state index contributed by atoms with van der Waals surface area (Å²) < 4.78 is 6.19. The van der Waals surface area contributed by atoms with Crippen molar-refractivity contribution in [3.63, 3.8) is 0 Å². The van der Waals surface area contributed by atoms with Gasteiger partial charge in [0.25, 0.3) is 0 Å². The Kier molecular flexibility index (Phi) is 4.42. The summed E-state index contributed by atoms with van der Waals surface area (Å²) in [6.45, 7) is 0. The van der Waals surface area contributed by atoms with Gasteiger partial charge in [0.2, 0.25) is 0 Å². The molecule has 0 aliphatic carbocycles. The van der Waals surface area contributed by atoms with Gasteiger partial charge in [0.1, 0.15) is 5.75 Å². The molecular formula is C15H12BrClN2OS. The summed E-state index contributed by atoms with van der Waals surface area (Å²) in [4.78, 5) is 7.84. The molecule has 3 rings (SSSR count). The Balaban J connectivity index is 1.78. The summed E-state index contributed by atoms with van der Waals surface area (Å²) in [5, 5.41) is 1.63. The van der Waals surface area contributed by atoms with Crippen LogP contribution >= 0.6 is 39.3 Å². The van der Waals surface area contributed by atoms with Crippen LogP contribution in [0.5, 0.6) is 5.75 Å². The first-order valence-corrected chi connectivity index (χ1v) is 8.42. The van der Waals surface area contributed by atoms with Gasteiger partial charge in [-0.3, -0.25) is 0 Å². The quantitative estimate of drug-likeness (QED) is 0.623. The number of aromatic nitrogens is 2. The monoisotopic (exact) mass is 382 g/mol. The summed E-state index contributed by atoms with van der Waals surface area (Å²) in [5.74, 6) is 1.59. The number of fused-ring (bicyclic) bond motifs is 1. The Morgan fingerprint density at radius 1 is 1.29 bits per heavy atom. The van der Waals surface area contributed by atoms with Crippen molar-refractivity contribution < 1.29 is 4.74 Å². The van der Waals surface area contributed by atoms with Gasteiger partial charge in [-0.15, -0.1) is 0 Å². The van der Waals surface area contributed by atoms with Crippen LogP contribution in [0.1, 0.15) is 5.56 Å². The van der Waals surface area contributed by atoms with E-state index < -0.39 is 0 Å². The van der Waals surface area contributed by atoms with Crippen LogP contribution in [0.15, 0.2) is 46.0 Å². The predicted octanol–water partition coefficient (Wildman–Crippen LogP) is 5.28. The number of thioether (sulfide) groups is 1. The van der Waals surface area contributed by atoms with E-state index in [1.807, 2.05) is 36.4 Å². The number of imidazole rings is 1. The van der Waals surface area contributed by atoms with Crippen LogP contribution in [-0.2, 0) is 5.75 Å². The fraction of sp³-hybridized carbons (Fsp3) is 0.133. The number of hydrogen-bond acceptors (Lipinski definition) is 3. The van der Waals surface area contributed by atoms with E-state index in [1.54, 1.807) is 18.9 Å². The maximum absolute atomic E-state index is 6.22. The third-order valence-electron chi connectivity index (χ3n) is 3.05. The molecule has 2 aromatic carbocycles. The van der Waals surface area contributed by atoms with Crippen molar-refractivity contribution in [3.8, 4) is 5.75 Å². The largest absolute Gasteiger partial charge is 0.497 e. The Labute approximate surface area is 140 Å². The number of hydrogen-bond donors (Lipinski definition) is 1. The molecule has 1 heterocycles. The minimum atomic E-state index is 0.759. The van der Waals surface area contributed by atoms with Crippen LogP contribution in [0.25, 0.3) is 11.0 Å². The molecule has 0 fully saturated rings. The number of halogens is 2. The highest BCUT2D eigenvalue weighted by Gasteiger charge is 2.07. The Morgan fingerprint density at radius 2 is 2.14 bits per heavy atom. The van der Waals surface area contributed by atoms with Gasteiger partial charge < -0.3 is 9.72 Å². The SMILES string of the molecule is COc1ccc2nc(SCc3ccc(Br)cc3Cl)[nH]c2c1. The molecule has 3 nitrogen and oxygen atoms in total. The lowest BCUT2D eigenvalue weighted by atomic mass is 10.2. The van der Waals surface area contributed by atoms with Gasteiger partial charge in [0.15, 0.2) is 5.16 Å². The molecule has 0 saturated carbocycles. The first-order valence-electron chi connectivity index (χ1n) is 6.26. The van der Waals surface area contributed by atoms with Crippen molar-refractivity contribution in [2.75, 3.05) is 7.11 Å². The topological polar surface area (TPSA) is 37.9 Å². The summed E-state index contributed by atoms with van der Waals surface area (Å²) in [6.07, 6.45) is 0. The number of benzene rings is 2. The van der Waals surface area contributed by atoms with Crippen molar-refractivity contribution in [2.45, 2.75) is 10.9 Å². The average molecular weight is 384 g/mol. The van der Waals surface area contributed by atoms with E-state index in [0.29, 0.717) is 0 Å². The average Bonchev–Trinajstić information content (AvgIpc) is 2.88. The normalized spacial score (nSPS) is 11.0. The van der Waals surface area contributed by atoms with Gasteiger partial charge >= 0.3 is 0 Å². The van der Waals surface area contributed by atoms with Crippen LogP contribution in [0.2, 0.25) is 5.02 Å². The Hall–Kier alpha value is -1.17. The molecule has 0 radical (unpaired) electrons. The molecule has 0 unspecified atom stereocenters. The third-order valence-corrected chi connectivity index (χ3v) is 4.81. The number of nitrogens with zero attached hydrogens (tertiary/aromatic N) is 1. The molecule has 1 aromatic heterocycles. The maximum Gasteiger partial charge on any atom is 0.166 e. The molecular weight excluding hydrogens is 372 g/mol. The second kappa shape index (κ2) is 6.30. The fourth-order valence-electron chi connectivity index (χ4n) is 1.95. The lowest BCUT2D eigenvalue weighted by Crippen LogP contribution is -1.83. The maximum atomic E-state index is 6.22. The van der Waals surface area contributed by atoms with Gasteiger partial charge in [-0.1, -0.05) is 45.4 Å². The summed E-state index contributed by atoms with van der Waals surface area (Å²) in [6, 6.07) is 11.7. The van der Waals surface area contributed by atoms with Gasteiger partial charge in [0.05, 0.1) is 18.1 Å². The van der Waals surface area contributed by atoms with Crippen molar-refractivity contribution in [1.82, 2.24) is 9.97 Å². The van der Waals surface area contributed by atoms with E-state index in [-0.39, 0.29) is 0 Å². The highest BCUT2D eigenvalue weighted by molar-refractivity contribution is 9.10. The zero-order chi connectivity index (χ0) is 14.8. The second-order valence-corrected chi connectivity index (χ2v) is 6.74. The van der Waals surface area contributed by atoms with E-state index in [2.05, 4.69) is 25.9 Å². The number of nitrogens with one attached hydrogen (secondary N) is 1. The van der Waals surface area contributed by atoms with Crippen LogP contribution in [0, 0.1) is 0 Å². The molecule has 3 aromatic rings. The third kappa shape index (κ3) is 3.36. The lowest BCUT2D eigenvalue weighted by molar-refractivity contribution is 0.415. The lowest BCUT2D eigenvalue weighted by Gasteiger charge is -2.02. The van der Waals surface area contributed by atoms with Gasteiger partial charge in [-0.25, -0.2) is 4.98 Å². The molecule has 0 atom stereocenters. The van der Waals surface area contributed by atoms with E-state index in [0.717, 1.165) is 42.8 Å². The Morgan fingerprint density at radius 3 is 2.90 bits per heavy atom. The molecule has 0 spiro atoms. The molecule has 0 aliphatic rings. The van der Waals surface area contributed by atoms with Crippen molar-refractivity contribution in [1.29, 1.82) is 0 Å². The minimum Gasteiger partial charge on any atom is -0.497 e. The molecule has 1 N–H and O–H groups in total. The van der Waals surface area contributed by atoms with Gasteiger partial charge in [-0.05, 0) is 29.8 Å². The van der Waals surface area contributed by atoms with E-state index in [9.17, 15) is 0 Å². The zero-order valence-corrected chi connectivity index (χ0v) is 14.3. The van der Waals surface area contributed by atoms with Crippen molar-refractivity contribution >= 4 is 50.3 Å². The molecule has 21 heavy (non-hydrogen) atoms. The summed E-state index contributed by atoms with van der Waals surface area (Å²) in [5.41, 5.74) is 2.99. The molecule has 108 valence electrons. The molecule has 0 amide bonds. The van der Waals surface area contributed by atoms with Crippen molar-refractivity contribution in [3.05, 3.63) is 51.5 Å². The molecule has 6 heteroatoms. The van der Waals surface area contributed by atoms with Gasteiger partial charge in [-0.2, -0.15) is 0 Å². The first-order chi connectivity index (χ1) is 10.2. The highest BCUT2D eigenvalue weighted by atomic mass is 79.9. The fourth-order valence-corrected chi connectivity index (χ4v) is 3.65. The highest BCUT2D eigenvalue weighted by Crippen LogP contribution is 2.29. The number of ether oxygens (including phenoxy) is 1. The predicted molar refractivity (Wildman–Crippen MR) is 91.4 cm³/mol. The van der Waals surface area contributed by atoms with E-state index in [1.165, 1.54) is 0 Å². The zero-order valence-electron chi connectivity index (χ0n) is 11.2. The summed E-state index contributed by atoms with van der Waals surface area (Å²) >= 11 is 11.3. The van der Waals surface area contributed by atoms with Gasteiger partial charge in [0, 0.05) is 21.3 Å². The van der Waals surface area contributed by atoms with Crippen molar-refractivity contribution in [2.24, 2.45) is 0 Å². The second-order valence-electron chi connectivity index (χ2n) is 4.45. The molecule has 0 saturated heterocycles. The smallest absolute Gasteiger partial charge is 0.166 e. The molecule has 0 bridgehead atoms. The number of aromatic amines is 1. The van der Waals surface area contributed by atoms with Crippen LogP contribution in [0.4, 0.5) is 0 Å². The summed E-state index contributed by atoms with van der Waals surface area (Å²) in [7, 11) is 1.66. The first kappa shape index (κ1) is 14.8. The standard InChI is InChI=1S/C15H12BrClN2OS/c1-20-11-4-5-13-14(7-11)19-15(18-13)21-8-9-2-3-10(16)6-12(9)17/h2-7H,8H2,1H3,(H,18,19). The van der Waals surface area contributed by atoms with E-state index in [4.69, 9.17) is 16.3 Å². The minimum absolute atomic E-state index is 0.759. The number of H-pyrrole nitrogens is 1. The van der Waals surface area contributed by atoms with Crippen LogP contribution in [0.3, 0.4) is 0 Å². The van der Waals surface area contributed by atoms with Crippen LogP contribution < -0.4 is 4.74 Å².